The molecule has 0 atom stereocenters. The van der Waals surface area contributed by atoms with Crippen LogP contribution in [0.15, 0.2) is 84.9 Å². The topological polar surface area (TPSA) is 81.7 Å². The molecule has 0 saturated heterocycles. The molecule has 1 heterocycles. The summed E-state index contributed by atoms with van der Waals surface area (Å²) in [5, 5.41) is 2.25. The molecule has 0 fully saturated rings. The maximum Gasteiger partial charge on any atom is 0.258 e. The van der Waals surface area contributed by atoms with Crippen molar-refractivity contribution in [1.82, 2.24) is 5.32 Å². The van der Waals surface area contributed by atoms with E-state index in [4.69, 9.17) is 9.47 Å². The molecule has 4 rings (SSSR count). The van der Waals surface area contributed by atoms with Crippen LogP contribution in [0.25, 0.3) is 11.6 Å². The molecule has 1 aliphatic heterocycles. The van der Waals surface area contributed by atoms with E-state index >= 15 is 0 Å². The van der Waals surface area contributed by atoms with Crippen LogP contribution in [-0.4, -0.2) is 30.8 Å². The average molecular weight is 570 g/mol. The molecule has 0 spiro atoms. The number of hydrogen-bond acceptors (Lipinski definition) is 5. The Hall–Kier alpha value is -4.52. The molecule has 42 heavy (non-hydrogen) atoms. The second kappa shape index (κ2) is 16.1. The smallest absolute Gasteiger partial charge is 0.258 e. The molecular weight excluding hydrogens is 533 g/mol. The SMILES string of the molecule is O=C1C=C(c2ccc(OCCCCCCCCCCOc3ccc(C=CC(=O)c4ccc(F)cc4)cc3)cc2)C(=O)N1. The highest BCUT2D eigenvalue weighted by Gasteiger charge is 2.21. The van der Waals surface area contributed by atoms with Gasteiger partial charge in [-0.1, -0.05) is 68.9 Å². The zero-order chi connectivity index (χ0) is 29.6. The zero-order valence-corrected chi connectivity index (χ0v) is 23.7. The van der Waals surface area contributed by atoms with Crippen molar-refractivity contribution in [2.75, 3.05) is 13.2 Å². The second-order valence-electron chi connectivity index (χ2n) is 10.2. The van der Waals surface area contributed by atoms with Gasteiger partial charge in [0.1, 0.15) is 17.3 Å². The number of nitrogens with one attached hydrogen (secondary N) is 1. The van der Waals surface area contributed by atoms with Crippen LogP contribution in [0, 0.1) is 5.82 Å². The van der Waals surface area contributed by atoms with Gasteiger partial charge in [-0.05, 0) is 78.6 Å². The molecule has 1 N–H and O–H groups in total. The third kappa shape index (κ3) is 9.84. The summed E-state index contributed by atoms with van der Waals surface area (Å²) in [7, 11) is 0. The van der Waals surface area contributed by atoms with Crippen LogP contribution in [0.4, 0.5) is 4.39 Å². The van der Waals surface area contributed by atoms with Crippen LogP contribution in [0.2, 0.25) is 0 Å². The van der Waals surface area contributed by atoms with Crippen molar-refractivity contribution in [3.63, 3.8) is 0 Å². The summed E-state index contributed by atoms with van der Waals surface area (Å²) in [6, 6.07) is 20.4. The van der Waals surface area contributed by atoms with Gasteiger partial charge in [0.15, 0.2) is 5.78 Å². The number of ether oxygens (including phenoxy) is 2. The molecule has 0 aromatic heterocycles. The monoisotopic (exact) mass is 569 g/mol. The van der Waals surface area contributed by atoms with Crippen LogP contribution in [0.5, 0.6) is 11.5 Å². The van der Waals surface area contributed by atoms with Gasteiger partial charge in [-0.25, -0.2) is 4.39 Å². The molecule has 0 saturated carbocycles. The Morgan fingerprint density at radius 2 is 1.21 bits per heavy atom. The van der Waals surface area contributed by atoms with Gasteiger partial charge in [-0.3, -0.25) is 19.7 Å². The van der Waals surface area contributed by atoms with Crippen LogP contribution < -0.4 is 14.8 Å². The quantitative estimate of drug-likeness (QED) is 0.0796. The summed E-state index contributed by atoms with van der Waals surface area (Å²) < 4.78 is 24.6. The number of carbonyl (C=O) groups excluding carboxylic acids is 3. The fourth-order valence-corrected chi connectivity index (χ4v) is 4.56. The maximum atomic E-state index is 13.0. The van der Waals surface area contributed by atoms with Crippen molar-refractivity contribution in [3.05, 3.63) is 107 Å². The molecule has 218 valence electrons. The molecule has 7 heteroatoms. The lowest BCUT2D eigenvalue weighted by Gasteiger charge is -2.08. The van der Waals surface area contributed by atoms with Crippen molar-refractivity contribution in [2.45, 2.75) is 51.4 Å². The number of allylic oxidation sites excluding steroid dienone is 1. The number of benzene rings is 3. The van der Waals surface area contributed by atoms with Crippen molar-refractivity contribution >= 4 is 29.2 Å². The summed E-state index contributed by atoms with van der Waals surface area (Å²) in [5.74, 6) is 0.296. The van der Waals surface area contributed by atoms with E-state index < -0.39 is 0 Å². The van der Waals surface area contributed by atoms with Gasteiger partial charge in [0.05, 0.1) is 18.8 Å². The van der Waals surface area contributed by atoms with Crippen LogP contribution >= 0.6 is 0 Å². The summed E-state index contributed by atoms with van der Waals surface area (Å²) in [6.07, 6.45) is 13.6. The normalized spacial score (nSPS) is 12.8. The van der Waals surface area contributed by atoms with Gasteiger partial charge in [-0.2, -0.15) is 0 Å². The van der Waals surface area contributed by atoms with E-state index in [2.05, 4.69) is 5.32 Å². The number of hydrogen-bond donors (Lipinski definition) is 1. The molecular formula is C35H36FNO5. The van der Waals surface area contributed by atoms with Crippen molar-refractivity contribution in [2.24, 2.45) is 0 Å². The number of amides is 2. The molecule has 2 amide bonds. The van der Waals surface area contributed by atoms with Crippen LogP contribution in [0.1, 0.15) is 72.9 Å². The highest BCUT2D eigenvalue weighted by atomic mass is 19.1. The van der Waals surface area contributed by atoms with Gasteiger partial charge in [0.25, 0.3) is 11.8 Å². The summed E-state index contributed by atoms with van der Waals surface area (Å²) in [4.78, 5) is 35.2. The molecule has 0 bridgehead atoms. The summed E-state index contributed by atoms with van der Waals surface area (Å²) >= 11 is 0. The van der Waals surface area contributed by atoms with E-state index in [0.717, 1.165) is 42.7 Å². The highest BCUT2D eigenvalue weighted by Crippen LogP contribution is 2.22. The van der Waals surface area contributed by atoms with E-state index in [1.165, 1.54) is 62.1 Å². The molecule has 0 unspecified atom stereocenters. The van der Waals surface area contributed by atoms with E-state index in [0.29, 0.717) is 29.9 Å². The number of halogens is 1. The first-order valence-corrected chi connectivity index (χ1v) is 14.5. The molecule has 0 radical (unpaired) electrons. The van der Waals surface area contributed by atoms with E-state index in [9.17, 15) is 18.8 Å². The number of imide groups is 1. The van der Waals surface area contributed by atoms with Crippen molar-refractivity contribution in [1.29, 1.82) is 0 Å². The Morgan fingerprint density at radius 1 is 0.690 bits per heavy atom. The zero-order valence-electron chi connectivity index (χ0n) is 23.7. The first-order chi connectivity index (χ1) is 20.5. The third-order valence-corrected chi connectivity index (χ3v) is 6.93. The standard InChI is InChI=1S/C35H36FNO5/c36-29-16-12-28(13-17-29)33(38)22-11-26-9-18-30(19-10-26)41-23-7-5-3-1-2-4-6-8-24-42-31-20-14-27(15-21-31)32-25-34(39)37-35(32)40/h9-22,25H,1-8,23-24H2,(H,37,39,40). The first kappa shape index (κ1) is 30.4. The van der Waals surface area contributed by atoms with Crippen molar-refractivity contribution in [3.8, 4) is 11.5 Å². The van der Waals surface area contributed by atoms with Gasteiger partial charge in [-0.15, -0.1) is 0 Å². The second-order valence-corrected chi connectivity index (χ2v) is 10.2. The van der Waals surface area contributed by atoms with Gasteiger partial charge < -0.3 is 9.47 Å². The number of carbonyl (C=O) groups is 3. The summed E-state index contributed by atoms with van der Waals surface area (Å²) in [5.41, 5.74) is 2.44. The maximum absolute atomic E-state index is 13.0. The predicted molar refractivity (Wildman–Crippen MR) is 162 cm³/mol. The molecule has 3 aromatic rings. The Morgan fingerprint density at radius 3 is 1.74 bits per heavy atom. The van der Waals surface area contributed by atoms with E-state index in [-0.39, 0.29) is 23.4 Å². The Kier molecular flexibility index (Phi) is 11.6. The largest absolute Gasteiger partial charge is 0.494 e. The number of ketones is 1. The fourth-order valence-electron chi connectivity index (χ4n) is 4.56. The average Bonchev–Trinajstić information content (AvgIpc) is 3.35. The number of unbranched alkanes of at least 4 members (excludes halogenated alkanes) is 7. The third-order valence-electron chi connectivity index (χ3n) is 6.93. The Bertz CT molecular complexity index is 1390. The Balaban J connectivity index is 0.984. The molecule has 6 nitrogen and oxygen atoms in total. The van der Waals surface area contributed by atoms with Gasteiger partial charge >= 0.3 is 0 Å². The minimum absolute atomic E-state index is 0.167. The van der Waals surface area contributed by atoms with Crippen LogP contribution in [0.3, 0.4) is 0 Å². The van der Waals surface area contributed by atoms with Gasteiger partial charge in [0.2, 0.25) is 0 Å². The van der Waals surface area contributed by atoms with E-state index in [1.54, 1.807) is 18.2 Å². The minimum Gasteiger partial charge on any atom is -0.494 e. The molecule has 1 aliphatic rings. The van der Waals surface area contributed by atoms with Gasteiger partial charge in [0, 0.05) is 11.6 Å². The predicted octanol–water partition coefficient (Wildman–Crippen LogP) is 7.34. The van der Waals surface area contributed by atoms with Crippen LogP contribution in [-0.2, 0) is 9.59 Å². The lowest BCUT2D eigenvalue weighted by Crippen LogP contribution is -2.21. The lowest BCUT2D eigenvalue weighted by molar-refractivity contribution is -0.123. The lowest BCUT2D eigenvalue weighted by atomic mass is 10.1. The minimum atomic E-state index is -0.380. The van der Waals surface area contributed by atoms with Crippen molar-refractivity contribution < 1.29 is 28.2 Å². The number of rotatable bonds is 17. The summed E-state index contributed by atoms with van der Waals surface area (Å²) in [6.45, 7) is 1.34. The fraction of sp³-hybridized carbons (Fsp3) is 0.286. The highest BCUT2D eigenvalue weighted by molar-refractivity contribution is 6.33. The van der Waals surface area contributed by atoms with E-state index in [1.807, 2.05) is 36.4 Å². The molecule has 3 aromatic carbocycles. The first-order valence-electron chi connectivity index (χ1n) is 14.5. The molecule has 0 aliphatic carbocycles. The Labute approximate surface area is 246 Å².